The molecule has 0 saturated heterocycles. The highest BCUT2D eigenvalue weighted by Gasteiger charge is 2.67. The summed E-state index contributed by atoms with van der Waals surface area (Å²) in [7, 11) is 3.73. The number of carbonyl (C=O) groups is 5. The molecule has 1 N–H and O–H groups in total. The van der Waals surface area contributed by atoms with Crippen molar-refractivity contribution in [2.24, 2.45) is 22.7 Å². The fourth-order valence-corrected chi connectivity index (χ4v) is 8.94. The third-order valence-electron chi connectivity index (χ3n) is 11.2. The third kappa shape index (κ3) is 7.91. The van der Waals surface area contributed by atoms with Gasteiger partial charge in [-0.3, -0.25) is 24.0 Å². The van der Waals surface area contributed by atoms with Crippen LogP contribution in [0.1, 0.15) is 86.3 Å². The normalized spacial score (nSPS) is 32.0. The molecule has 280 valence electrons. The standard InChI is InChI=1S/C39H53NO11/c1-20-30(51-32(45)18-28(40(10)11)26-15-13-12-14-16-26)19-31(48-23(4)42)39(9)33(20)35(46)27-17-29(47-22(3)41)21(2)34(38(27,7)8)36(49-24(5)43)37(39)50-25(6)44/h12-16,27-31,33,35-37,46H,1,17-19H2,2-11H3/t27-,28?,29-,30-,31?,33-,35+,36+,37-,39+/m0/s1. The van der Waals surface area contributed by atoms with Crippen molar-refractivity contribution in [3.63, 3.8) is 0 Å². The molecule has 3 aliphatic carbocycles. The number of hydrogen-bond donors (Lipinski definition) is 1. The smallest absolute Gasteiger partial charge is 0.308 e. The number of benzene rings is 1. The van der Waals surface area contributed by atoms with Gasteiger partial charge < -0.3 is 33.7 Å². The lowest BCUT2D eigenvalue weighted by Gasteiger charge is -2.61. The Morgan fingerprint density at radius 1 is 0.843 bits per heavy atom. The van der Waals surface area contributed by atoms with Gasteiger partial charge in [0, 0.05) is 46.1 Å². The Hall–Kier alpha value is -4.03. The van der Waals surface area contributed by atoms with Crippen molar-refractivity contribution < 1.29 is 52.8 Å². The predicted octanol–water partition coefficient (Wildman–Crippen LogP) is 4.64. The average Bonchev–Trinajstić information content (AvgIpc) is 3.01. The van der Waals surface area contributed by atoms with Gasteiger partial charge in [0.05, 0.1) is 17.9 Å². The highest BCUT2D eigenvalue weighted by molar-refractivity contribution is 5.72. The minimum absolute atomic E-state index is 0.00125. The number of hydrogen-bond acceptors (Lipinski definition) is 12. The first-order valence-electron chi connectivity index (χ1n) is 17.4. The summed E-state index contributed by atoms with van der Waals surface area (Å²) < 4.78 is 30.1. The molecule has 0 amide bonds. The fourth-order valence-electron chi connectivity index (χ4n) is 8.94. The molecule has 0 heterocycles. The highest BCUT2D eigenvalue weighted by Crippen LogP contribution is 2.61. The first-order chi connectivity index (χ1) is 23.7. The maximum Gasteiger partial charge on any atom is 0.308 e. The SMILES string of the molecule is C=C1[C@@H](OC(=O)CC(c2ccccc2)N(C)C)CC(OC(C)=O)[C@@]2(C)[C@@H](OC(C)=O)[C@H](OC(C)=O)C3=C(C)[C@@H](OC(C)=O)C[C@@H]([C@@H](O)[C@H]12)C3(C)C. The van der Waals surface area contributed by atoms with Crippen LogP contribution in [-0.2, 0) is 47.7 Å². The number of carbonyl (C=O) groups excluding carboxylic acids is 5. The zero-order chi connectivity index (χ0) is 38.2. The van der Waals surface area contributed by atoms with Gasteiger partial charge in [0.25, 0.3) is 0 Å². The number of ether oxygens (including phenoxy) is 5. The number of esters is 5. The van der Waals surface area contributed by atoms with Crippen molar-refractivity contribution in [1.82, 2.24) is 4.90 Å². The molecule has 0 aliphatic heterocycles. The molecule has 2 fully saturated rings. The van der Waals surface area contributed by atoms with E-state index in [1.807, 2.05) is 63.2 Å². The van der Waals surface area contributed by atoms with Crippen molar-refractivity contribution in [1.29, 1.82) is 0 Å². The molecule has 2 bridgehead atoms. The molecule has 2 unspecified atom stereocenters. The van der Waals surface area contributed by atoms with Gasteiger partial charge in [-0.15, -0.1) is 0 Å². The number of aliphatic hydroxyl groups is 1. The van der Waals surface area contributed by atoms with Gasteiger partial charge in [0.15, 0.2) is 12.2 Å². The van der Waals surface area contributed by atoms with Gasteiger partial charge in [-0.2, -0.15) is 0 Å². The summed E-state index contributed by atoms with van der Waals surface area (Å²) in [6.07, 6.45) is -6.59. The quantitative estimate of drug-likeness (QED) is 0.216. The van der Waals surface area contributed by atoms with Gasteiger partial charge in [0.2, 0.25) is 0 Å². The van der Waals surface area contributed by atoms with Gasteiger partial charge in [-0.05, 0) is 61.1 Å². The molecule has 0 spiro atoms. The Kier molecular flexibility index (Phi) is 11.9. The minimum Gasteiger partial charge on any atom is -0.462 e. The van der Waals surface area contributed by atoms with Crippen LogP contribution in [0.15, 0.2) is 53.6 Å². The Bertz CT molecular complexity index is 1570. The molecule has 1 aromatic rings. The maximum atomic E-state index is 13.7. The van der Waals surface area contributed by atoms with E-state index in [4.69, 9.17) is 23.7 Å². The van der Waals surface area contributed by atoms with E-state index in [2.05, 4.69) is 6.58 Å². The summed E-state index contributed by atoms with van der Waals surface area (Å²) in [5.74, 6) is -4.76. The summed E-state index contributed by atoms with van der Waals surface area (Å²) >= 11 is 0. The first kappa shape index (κ1) is 39.8. The van der Waals surface area contributed by atoms with Crippen LogP contribution in [-0.4, -0.2) is 90.6 Å². The molecule has 2 saturated carbocycles. The largest absolute Gasteiger partial charge is 0.462 e. The van der Waals surface area contributed by atoms with E-state index < -0.39 is 89.1 Å². The third-order valence-corrected chi connectivity index (χ3v) is 11.2. The zero-order valence-electron chi connectivity index (χ0n) is 31.4. The predicted molar refractivity (Wildman–Crippen MR) is 186 cm³/mol. The van der Waals surface area contributed by atoms with Crippen molar-refractivity contribution in [2.75, 3.05) is 14.1 Å². The first-order valence-corrected chi connectivity index (χ1v) is 17.4. The van der Waals surface area contributed by atoms with E-state index in [0.29, 0.717) is 16.7 Å². The van der Waals surface area contributed by atoms with E-state index in [-0.39, 0.29) is 25.3 Å². The Morgan fingerprint density at radius 3 is 1.94 bits per heavy atom. The maximum absolute atomic E-state index is 13.7. The highest BCUT2D eigenvalue weighted by atomic mass is 16.6. The minimum atomic E-state index is -1.46. The summed E-state index contributed by atoms with van der Waals surface area (Å²) in [5.41, 5.74) is 0.0162. The lowest BCUT2D eigenvalue weighted by molar-refractivity contribution is -0.226. The van der Waals surface area contributed by atoms with Crippen LogP contribution < -0.4 is 0 Å². The van der Waals surface area contributed by atoms with Crippen LogP contribution in [0.3, 0.4) is 0 Å². The zero-order valence-corrected chi connectivity index (χ0v) is 31.4. The number of nitrogens with zero attached hydrogens (tertiary/aromatic N) is 1. The molecule has 0 radical (unpaired) electrons. The molecule has 51 heavy (non-hydrogen) atoms. The molecule has 12 nitrogen and oxygen atoms in total. The summed E-state index contributed by atoms with van der Waals surface area (Å²) in [5, 5.41) is 12.7. The Balaban J connectivity index is 1.91. The molecule has 10 atom stereocenters. The van der Waals surface area contributed by atoms with E-state index in [9.17, 15) is 29.1 Å². The molecule has 0 aromatic heterocycles. The molecule has 4 rings (SSSR count). The topological polar surface area (TPSA) is 155 Å². The van der Waals surface area contributed by atoms with Crippen molar-refractivity contribution >= 4 is 29.8 Å². The lowest BCUT2D eigenvalue weighted by atomic mass is 9.48. The molecule has 12 heteroatoms. The molecular weight excluding hydrogens is 658 g/mol. The van der Waals surface area contributed by atoms with Crippen LogP contribution >= 0.6 is 0 Å². The summed E-state index contributed by atoms with van der Waals surface area (Å²) in [6, 6.07) is 9.24. The van der Waals surface area contributed by atoms with Gasteiger partial charge >= 0.3 is 29.8 Å². The Labute approximate surface area is 300 Å². The van der Waals surface area contributed by atoms with Gasteiger partial charge in [-0.25, -0.2) is 0 Å². The number of aliphatic hydroxyl groups excluding tert-OH is 1. The van der Waals surface area contributed by atoms with E-state index in [0.717, 1.165) is 5.56 Å². The number of rotatable bonds is 9. The summed E-state index contributed by atoms with van der Waals surface area (Å²) in [4.78, 5) is 66.5. The molecular formula is C39H53NO11. The van der Waals surface area contributed by atoms with Crippen LogP contribution in [0.4, 0.5) is 0 Å². The van der Waals surface area contributed by atoms with Crippen LogP contribution in [0.25, 0.3) is 0 Å². The van der Waals surface area contributed by atoms with Crippen molar-refractivity contribution in [2.45, 2.75) is 117 Å². The van der Waals surface area contributed by atoms with E-state index >= 15 is 0 Å². The second-order valence-corrected chi connectivity index (χ2v) is 15.1. The summed E-state index contributed by atoms with van der Waals surface area (Å²) in [6.45, 7) is 16.6. The molecule has 3 aliphatic rings. The van der Waals surface area contributed by atoms with Crippen molar-refractivity contribution in [3.05, 3.63) is 59.2 Å². The van der Waals surface area contributed by atoms with Crippen LogP contribution in [0, 0.1) is 22.7 Å². The van der Waals surface area contributed by atoms with Crippen LogP contribution in [0.5, 0.6) is 0 Å². The second kappa shape index (κ2) is 15.3. The van der Waals surface area contributed by atoms with Gasteiger partial charge in [-0.1, -0.05) is 57.7 Å². The van der Waals surface area contributed by atoms with Crippen LogP contribution in [0.2, 0.25) is 0 Å². The Morgan fingerprint density at radius 2 is 1.41 bits per heavy atom. The van der Waals surface area contributed by atoms with Gasteiger partial charge in [0.1, 0.15) is 18.3 Å². The van der Waals surface area contributed by atoms with Crippen molar-refractivity contribution in [3.8, 4) is 0 Å². The second-order valence-electron chi connectivity index (χ2n) is 15.1. The molecule has 1 aromatic carbocycles. The lowest BCUT2D eigenvalue weighted by Crippen LogP contribution is -2.68. The monoisotopic (exact) mass is 711 g/mol. The van der Waals surface area contributed by atoms with E-state index in [1.54, 1.807) is 13.8 Å². The average molecular weight is 712 g/mol. The fraction of sp³-hybridized carbons (Fsp3) is 0.615. The van der Waals surface area contributed by atoms with E-state index in [1.165, 1.54) is 27.7 Å². The number of fused-ring (bicyclic) bond motifs is 3.